The molecule has 704 valence electrons. The zero-order valence-electron chi connectivity index (χ0n) is 82.5. The van der Waals surface area contributed by atoms with Gasteiger partial charge in [0.25, 0.3) is 0 Å². The zero-order valence-corrected chi connectivity index (χ0v) is 82.5. The average molecular weight is 1880 g/mol. The summed E-state index contributed by atoms with van der Waals surface area (Å²) < 4.78 is 182. The summed E-state index contributed by atoms with van der Waals surface area (Å²) in [7, 11) is 8.11. The molecule has 0 spiro atoms. The fourth-order valence-corrected chi connectivity index (χ4v) is 24.9. The lowest BCUT2D eigenvalue weighted by atomic mass is 9.90. The van der Waals surface area contributed by atoms with Crippen LogP contribution in [-0.2, 0) is 104 Å². The number of aromatic nitrogens is 4. The summed E-state index contributed by atoms with van der Waals surface area (Å²) in [5, 5.41) is 0. The Balaban J connectivity index is 0.000000111. The van der Waals surface area contributed by atoms with Gasteiger partial charge in [0.2, 0.25) is 22.8 Å². The van der Waals surface area contributed by atoms with E-state index >= 15 is 0 Å². The van der Waals surface area contributed by atoms with Gasteiger partial charge in [-0.05, 0) is 396 Å². The molecule has 0 amide bonds. The molecule has 0 fully saturated rings. The first-order chi connectivity index (χ1) is 66.2. The van der Waals surface area contributed by atoms with E-state index in [1.165, 1.54) is 91.0 Å². The molecule has 0 radical (unpaired) electrons. The molecule has 16 heteroatoms. The molecule has 4 heterocycles. The topological polar surface area (TPSA) is 15.5 Å². The molecular weight excluding hydrogens is 1770 g/mol. The van der Waals surface area contributed by atoms with Crippen molar-refractivity contribution in [1.29, 1.82) is 0 Å². The maximum atomic E-state index is 14.5. The van der Waals surface area contributed by atoms with Gasteiger partial charge in [-0.2, -0.15) is 52.7 Å². The Morgan fingerprint density at radius 1 is 0.186 bits per heavy atom. The van der Waals surface area contributed by atoms with Crippen molar-refractivity contribution in [2.24, 2.45) is 28.2 Å². The number of aryl methyl sites for hydroxylation is 16. The van der Waals surface area contributed by atoms with E-state index in [4.69, 9.17) is 0 Å². The van der Waals surface area contributed by atoms with E-state index in [9.17, 15) is 52.7 Å². The third kappa shape index (κ3) is 14.9. The predicted molar refractivity (Wildman–Crippen MR) is 534 cm³/mol. The quantitative estimate of drug-likeness (QED) is 0.123. The van der Waals surface area contributed by atoms with Crippen LogP contribution in [0.25, 0.3) is 134 Å². The van der Waals surface area contributed by atoms with Crippen LogP contribution in [0.4, 0.5) is 52.7 Å². The molecule has 0 N–H and O–H groups in total. The molecule has 12 aromatic carbocycles. The van der Waals surface area contributed by atoms with Crippen molar-refractivity contribution in [1.82, 2.24) is 0 Å². The smallest absolute Gasteiger partial charge is 0.201 e. The summed E-state index contributed by atoms with van der Waals surface area (Å²) in [5.41, 5.74) is 52.6. The lowest BCUT2D eigenvalue weighted by Crippen LogP contribution is -2.32. The third-order valence-electron chi connectivity index (χ3n) is 31.8. The standard InChI is InChI=1S/4C31H27F3N/c1-16-6-7-21-20(11-16)13-26-24-14-27-22(25(24)15-28(29(21)26)31(32,33)34)8-9-35(5)30(27)23-12-17(2)10-18(3)19(23)4;1-16-6-7-20-13-26-24-14-27-21(25(24)15-28(31(32,33)34)29(26)23(20)11-16)8-9-35(5)30(27)22-12-17(2)10-18(3)19(22)4;1-16-11-18(3)19(4)23(12-16)30-27-14-24-25(20(27)9-10-35(30)5)15-28(31(32,33)34)29-21-8-6-7-17(2)22(21)13-26(24)29;1-16-11-18(3)19(4)22(12-16)30-26-14-23-24(21(26)9-10-35(30)5)15-27(31(32,33)34)29-25(23)13-20-8-6-7-17(2)28(20)29/h4*6-12,15H,13-14H2,1-5H3/q4*+1. The second kappa shape index (κ2) is 33.0. The van der Waals surface area contributed by atoms with Crippen LogP contribution in [0.5, 0.6) is 0 Å². The first kappa shape index (κ1) is 92.7. The molecule has 0 saturated carbocycles. The number of hydrogen-bond donors (Lipinski definition) is 0. The molecule has 4 aromatic heterocycles. The van der Waals surface area contributed by atoms with Crippen LogP contribution in [0.15, 0.2) is 195 Å². The van der Waals surface area contributed by atoms with Gasteiger partial charge in [0.1, 0.15) is 28.2 Å². The van der Waals surface area contributed by atoms with Gasteiger partial charge < -0.3 is 0 Å². The van der Waals surface area contributed by atoms with Gasteiger partial charge in [0.15, 0.2) is 24.8 Å². The number of halogens is 12. The van der Waals surface area contributed by atoms with Crippen molar-refractivity contribution in [2.45, 2.75) is 187 Å². The molecule has 8 aliphatic rings. The maximum absolute atomic E-state index is 14.5. The van der Waals surface area contributed by atoms with E-state index in [1.54, 1.807) is 0 Å². The predicted octanol–water partition coefficient (Wildman–Crippen LogP) is 30.3. The molecule has 4 nitrogen and oxygen atoms in total. The highest BCUT2D eigenvalue weighted by Crippen LogP contribution is 2.60. The largest absolute Gasteiger partial charge is 0.417 e. The Morgan fingerprint density at radius 2 is 0.479 bits per heavy atom. The molecule has 24 rings (SSSR count). The second-order valence-electron chi connectivity index (χ2n) is 40.8. The fraction of sp³-hybridized carbons (Fsp3) is 0.258. The van der Waals surface area contributed by atoms with Crippen molar-refractivity contribution in [3.8, 4) is 134 Å². The second-order valence-corrected chi connectivity index (χ2v) is 40.8. The highest BCUT2D eigenvalue weighted by molar-refractivity contribution is 5.97. The van der Waals surface area contributed by atoms with Crippen molar-refractivity contribution in [3.05, 3.63) is 395 Å². The lowest BCUT2D eigenvalue weighted by molar-refractivity contribution is -0.660. The normalized spacial score (nSPS) is 13.5. The summed E-state index contributed by atoms with van der Waals surface area (Å²) in [4.78, 5) is 0. The third-order valence-corrected chi connectivity index (χ3v) is 31.8. The van der Waals surface area contributed by atoms with Gasteiger partial charge in [-0.3, -0.25) is 0 Å². The molecule has 8 aliphatic carbocycles. The van der Waals surface area contributed by atoms with Crippen LogP contribution >= 0.6 is 0 Å². The molecule has 0 unspecified atom stereocenters. The van der Waals surface area contributed by atoms with Crippen molar-refractivity contribution in [3.63, 3.8) is 0 Å². The maximum Gasteiger partial charge on any atom is 0.417 e. The summed E-state index contributed by atoms with van der Waals surface area (Å²) in [6, 6.07) is 54.4. The van der Waals surface area contributed by atoms with Crippen molar-refractivity contribution < 1.29 is 71.0 Å². The van der Waals surface area contributed by atoms with E-state index in [-0.39, 0.29) is 0 Å². The first-order valence-corrected chi connectivity index (χ1v) is 48.0. The van der Waals surface area contributed by atoms with Gasteiger partial charge in [0.05, 0.1) is 22.3 Å². The van der Waals surface area contributed by atoms with Crippen LogP contribution in [-0.4, -0.2) is 0 Å². The Bertz CT molecular complexity index is 8170. The fourth-order valence-electron chi connectivity index (χ4n) is 24.9. The minimum atomic E-state index is -4.42. The SMILES string of the molecule is Cc1cc(C)c(C)c(-c2c3c(cc[n+]2C)-c2cc(C(F)(F)F)c4c(c2C3)Cc2c(C)cccc2-4)c1.Cc1cc(C)c(C)c(-c2c3c(cc[n+]2C)-c2cc(C(F)(F)F)c4c(c2C3)Cc2cccc(C)c2-4)c1.Cc1ccc2c(c1)-c1c(C(F)(F)F)cc3c(c1C2)Cc1c-3cc[n+](C)c1-c1cc(C)cc(C)c1C.Cc1ccc2c(c1)Cc1c3c(cc(C(F)(F)F)c1-2)-c1cc[n+](C)c(-c2cc(C)cc(C)c2C)c1C3. The van der Waals surface area contributed by atoms with E-state index in [0.717, 1.165) is 223 Å². The molecule has 0 atom stereocenters. The van der Waals surface area contributed by atoms with Crippen LogP contribution < -0.4 is 18.3 Å². The molecule has 0 bridgehead atoms. The van der Waals surface area contributed by atoms with E-state index in [0.29, 0.717) is 73.6 Å². The highest BCUT2D eigenvalue weighted by Gasteiger charge is 2.49. The Morgan fingerprint density at radius 3 is 0.857 bits per heavy atom. The summed E-state index contributed by atoms with van der Waals surface area (Å²) in [6.45, 7) is 33.2. The minimum Gasteiger partial charge on any atom is -0.201 e. The minimum absolute atomic E-state index is 0.382. The zero-order chi connectivity index (χ0) is 99.2. The molecular formula is C124H108F12N4+4. The van der Waals surface area contributed by atoms with Crippen molar-refractivity contribution >= 4 is 0 Å². The number of pyridine rings is 4. The summed E-state index contributed by atoms with van der Waals surface area (Å²) in [5.74, 6) is 0. The molecule has 16 aromatic rings. The number of rotatable bonds is 4. The van der Waals surface area contributed by atoms with Crippen LogP contribution in [0.1, 0.15) is 200 Å². The number of fused-ring (bicyclic) bond motifs is 28. The highest BCUT2D eigenvalue weighted by atomic mass is 19.4. The van der Waals surface area contributed by atoms with Gasteiger partial charge in [-0.25, -0.2) is 18.3 Å². The van der Waals surface area contributed by atoms with E-state index in [1.807, 2.05) is 178 Å². The lowest BCUT2D eigenvalue weighted by Gasteiger charge is -2.17. The number of nitrogens with zero attached hydrogens (tertiary/aromatic N) is 4. The summed E-state index contributed by atoms with van der Waals surface area (Å²) >= 11 is 0. The van der Waals surface area contributed by atoms with Crippen molar-refractivity contribution in [2.75, 3.05) is 0 Å². The van der Waals surface area contributed by atoms with Crippen LogP contribution in [0.2, 0.25) is 0 Å². The van der Waals surface area contributed by atoms with Gasteiger partial charge in [-0.1, -0.05) is 130 Å². The molecule has 0 aliphatic heterocycles. The molecule has 0 saturated heterocycles. The van der Waals surface area contributed by atoms with Gasteiger partial charge in [0, 0.05) is 94.5 Å². The number of hydrogen-bond acceptors (Lipinski definition) is 0. The van der Waals surface area contributed by atoms with Crippen LogP contribution in [0.3, 0.4) is 0 Å². The van der Waals surface area contributed by atoms with Gasteiger partial charge >= 0.3 is 24.7 Å². The number of alkyl halides is 12. The monoisotopic (exact) mass is 1880 g/mol. The van der Waals surface area contributed by atoms with Crippen LogP contribution in [0, 0.1) is 111 Å². The Hall–Kier alpha value is -13.6. The Labute approximate surface area is 810 Å². The number of benzene rings is 12. The summed E-state index contributed by atoms with van der Waals surface area (Å²) in [6.07, 6.45) is -4.92. The molecule has 140 heavy (non-hydrogen) atoms. The first-order valence-electron chi connectivity index (χ1n) is 48.0. The van der Waals surface area contributed by atoms with E-state index in [2.05, 4.69) is 150 Å². The van der Waals surface area contributed by atoms with Gasteiger partial charge in [-0.15, -0.1) is 0 Å². The Kier molecular flexibility index (Phi) is 21.9. The average Bonchev–Trinajstić information content (AvgIpc) is 1.56. The van der Waals surface area contributed by atoms with E-state index < -0.39 is 47.0 Å².